The first-order valence-corrected chi connectivity index (χ1v) is 12.5. The molecule has 3 rings (SSSR count). The molecule has 2 aliphatic heterocycles. The molecule has 5 nitrogen and oxygen atoms in total. The highest BCUT2D eigenvalue weighted by molar-refractivity contribution is 5.95. The Morgan fingerprint density at radius 1 is 1.27 bits per heavy atom. The van der Waals surface area contributed by atoms with Gasteiger partial charge >= 0.3 is 0 Å². The standard InChI is InChI=1S/C27H40FN3O2/c1-6-10-24(30-26(32)21-11-9-16-29-19(21)4)31-17-14-27(8-3,15-18-31)25-20(7-2)23(33-5)13-12-22(25)28/h10,12-13,29H,6-9,11,14-18H2,1-5H3,(H,30,32)/b24-10-. The van der Waals surface area contributed by atoms with Crippen LogP contribution in [-0.2, 0) is 16.6 Å². The molecular weight excluding hydrogens is 417 g/mol. The second kappa shape index (κ2) is 11.1. The molecule has 2 N–H and O–H groups in total. The van der Waals surface area contributed by atoms with E-state index in [0.717, 1.165) is 98.5 Å². The summed E-state index contributed by atoms with van der Waals surface area (Å²) in [6.45, 7) is 10.7. The van der Waals surface area contributed by atoms with Crippen LogP contribution >= 0.6 is 0 Å². The maximum Gasteiger partial charge on any atom is 0.254 e. The highest BCUT2D eigenvalue weighted by atomic mass is 19.1. The molecule has 1 aromatic rings. The van der Waals surface area contributed by atoms with Crippen LogP contribution in [0.25, 0.3) is 0 Å². The highest BCUT2D eigenvalue weighted by Crippen LogP contribution is 2.44. The lowest BCUT2D eigenvalue weighted by Gasteiger charge is -2.44. The number of rotatable bonds is 8. The average Bonchev–Trinajstić information content (AvgIpc) is 2.83. The van der Waals surface area contributed by atoms with Gasteiger partial charge in [-0.25, -0.2) is 4.39 Å². The number of methoxy groups -OCH3 is 1. The van der Waals surface area contributed by atoms with E-state index in [9.17, 15) is 4.79 Å². The number of carbonyl (C=O) groups excluding carboxylic acids is 1. The maximum absolute atomic E-state index is 15.2. The van der Waals surface area contributed by atoms with Gasteiger partial charge in [-0.2, -0.15) is 0 Å². The van der Waals surface area contributed by atoms with Crippen LogP contribution in [0.3, 0.4) is 0 Å². The molecule has 6 heteroatoms. The highest BCUT2D eigenvalue weighted by Gasteiger charge is 2.39. The van der Waals surface area contributed by atoms with E-state index < -0.39 is 0 Å². The van der Waals surface area contributed by atoms with Crippen molar-refractivity contribution in [2.45, 2.75) is 78.1 Å². The van der Waals surface area contributed by atoms with Crippen molar-refractivity contribution >= 4 is 5.91 Å². The van der Waals surface area contributed by atoms with Crippen molar-refractivity contribution in [2.75, 3.05) is 26.7 Å². The van der Waals surface area contributed by atoms with Gasteiger partial charge in [0.05, 0.1) is 7.11 Å². The van der Waals surface area contributed by atoms with Gasteiger partial charge in [0.2, 0.25) is 0 Å². The first kappa shape index (κ1) is 25.1. The molecule has 1 aromatic carbocycles. The lowest BCUT2D eigenvalue weighted by Crippen LogP contribution is -2.46. The summed E-state index contributed by atoms with van der Waals surface area (Å²) in [6.07, 6.45) is 7.98. The van der Waals surface area contributed by atoms with Crippen molar-refractivity contribution in [3.63, 3.8) is 0 Å². The van der Waals surface area contributed by atoms with E-state index in [1.165, 1.54) is 0 Å². The minimum atomic E-state index is -0.228. The van der Waals surface area contributed by atoms with Gasteiger partial charge in [-0.1, -0.05) is 20.8 Å². The smallest absolute Gasteiger partial charge is 0.254 e. The van der Waals surface area contributed by atoms with Crippen LogP contribution in [0.4, 0.5) is 4.39 Å². The largest absolute Gasteiger partial charge is 0.496 e. The Hall–Kier alpha value is -2.50. The monoisotopic (exact) mass is 457 g/mol. The summed E-state index contributed by atoms with van der Waals surface area (Å²) in [5, 5.41) is 6.48. The Labute approximate surface area is 198 Å². The number of piperidine rings is 1. The van der Waals surface area contributed by atoms with E-state index in [1.54, 1.807) is 19.2 Å². The van der Waals surface area contributed by atoms with Crippen LogP contribution in [0.1, 0.15) is 77.3 Å². The number of nitrogens with zero attached hydrogens (tertiary/aromatic N) is 1. The van der Waals surface area contributed by atoms with Crippen molar-refractivity contribution in [1.29, 1.82) is 0 Å². The van der Waals surface area contributed by atoms with E-state index >= 15 is 4.39 Å². The zero-order valence-corrected chi connectivity index (χ0v) is 20.9. The molecule has 0 aliphatic carbocycles. The molecule has 0 radical (unpaired) electrons. The minimum Gasteiger partial charge on any atom is -0.496 e. The normalized spacial score (nSPS) is 18.7. The molecule has 0 unspecified atom stereocenters. The van der Waals surface area contributed by atoms with Crippen LogP contribution in [0.15, 0.2) is 35.3 Å². The average molecular weight is 458 g/mol. The number of likely N-dealkylation sites (tertiary alicyclic amines) is 1. The second-order valence-corrected chi connectivity index (χ2v) is 9.16. The topological polar surface area (TPSA) is 53.6 Å². The number of hydrogen-bond donors (Lipinski definition) is 2. The zero-order valence-electron chi connectivity index (χ0n) is 20.9. The third kappa shape index (κ3) is 5.20. The Balaban J connectivity index is 1.82. The van der Waals surface area contributed by atoms with E-state index in [0.29, 0.717) is 0 Å². The fourth-order valence-corrected chi connectivity index (χ4v) is 5.44. The number of nitrogens with one attached hydrogen (secondary N) is 2. The number of ether oxygens (including phenoxy) is 1. The van der Waals surface area contributed by atoms with Crippen molar-refractivity contribution in [3.05, 3.63) is 52.2 Å². The molecule has 33 heavy (non-hydrogen) atoms. The number of carbonyl (C=O) groups is 1. The summed E-state index contributed by atoms with van der Waals surface area (Å²) >= 11 is 0. The van der Waals surface area contributed by atoms with Crippen molar-refractivity contribution in [3.8, 4) is 5.75 Å². The van der Waals surface area contributed by atoms with Crippen LogP contribution in [0, 0.1) is 5.82 Å². The summed E-state index contributed by atoms with van der Waals surface area (Å²) in [4.78, 5) is 15.3. The van der Waals surface area contributed by atoms with Gasteiger partial charge in [-0.05, 0) is 70.1 Å². The van der Waals surface area contributed by atoms with Crippen LogP contribution in [-0.4, -0.2) is 37.6 Å². The summed E-state index contributed by atoms with van der Waals surface area (Å²) in [5.74, 6) is 1.50. The number of halogens is 1. The molecule has 1 amide bonds. The number of allylic oxidation sites excluding steroid dienone is 2. The lowest BCUT2D eigenvalue weighted by atomic mass is 9.68. The number of amides is 1. The number of benzene rings is 1. The van der Waals surface area contributed by atoms with Gasteiger partial charge in [-0.15, -0.1) is 0 Å². The Kier molecular flexibility index (Phi) is 8.44. The van der Waals surface area contributed by atoms with E-state index in [2.05, 4.69) is 42.4 Å². The predicted molar refractivity (Wildman–Crippen MR) is 132 cm³/mol. The van der Waals surface area contributed by atoms with Gasteiger partial charge in [0.1, 0.15) is 17.4 Å². The third-order valence-electron chi connectivity index (χ3n) is 7.42. The van der Waals surface area contributed by atoms with Gasteiger partial charge in [0.25, 0.3) is 5.91 Å². The van der Waals surface area contributed by atoms with Crippen LogP contribution in [0.2, 0.25) is 0 Å². The molecule has 0 spiro atoms. The van der Waals surface area contributed by atoms with E-state index in [-0.39, 0.29) is 17.1 Å². The lowest BCUT2D eigenvalue weighted by molar-refractivity contribution is -0.117. The molecule has 0 atom stereocenters. The second-order valence-electron chi connectivity index (χ2n) is 9.16. The van der Waals surface area contributed by atoms with Gasteiger partial charge in [0, 0.05) is 47.4 Å². The fourth-order valence-electron chi connectivity index (χ4n) is 5.44. The molecule has 0 aromatic heterocycles. The summed E-state index contributed by atoms with van der Waals surface area (Å²) in [7, 11) is 1.65. The molecule has 2 heterocycles. The van der Waals surface area contributed by atoms with E-state index in [4.69, 9.17) is 4.74 Å². The summed E-state index contributed by atoms with van der Waals surface area (Å²) < 4.78 is 20.8. The molecule has 1 saturated heterocycles. The molecular formula is C27H40FN3O2. The fraction of sp³-hybridized carbons (Fsp3) is 0.593. The molecule has 1 fully saturated rings. The molecule has 182 valence electrons. The summed E-state index contributed by atoms with van der Waals surface area (Å²) in [5.41, 5.74) is 3.39. The Bertz CT molecular complexity index is 914. The third-order valence-corrected chi connectivity index (χ3v) is 7.42. The quantitative estimate of drug-likeness (QED) is 0.566. The minimum absolute atomic E-state index is 0.0150. The first-order valence-electron chi connectivity index (χ1n) is 12.5. The first-order chi connectivity index (χ1) is 15.9. The Morgan fingerprint density at radius 3 is 2.58 bits per heavy atom. The zero-order chi connectivity index (χ0) is 24.0. The molecule has 0 saturated carbocycles. The van der Waals surface area contributed by atoms with Crippen LogP contribution in [0.5, 0.6) is 5.75 Å². The van der Waals surface area contributed by atoms with Gasteiger partial charge in [0.15, 0.2) is 0 Å². The summed E-state index contributed by atoms with van der Waals surface area (Å²) in [6, 6.07) is 3.29. The molecule has 2 aliphatic rings. The number of hydrogen-bond acceptors (Lipinski definition) is 4. The predicted octanol–water partition coefficient (Wildman–Crippen LogP) is 5.17. The van der Waals surface area contributed by atoms with E-state index in [1.807, 2.05) is 6.92 Å². The van der Waals surface area contributed by atoms with Gasteiger partial charge in [-0.3, -0.25) is 4.79 Å². The van der Waals surface area contributed by atoms with Gasteiger partial charge < -0.3 is 20.3 Å². The maximum atomic E-state index is 15.2. The van der Waals surface area contributed by atoms with Crippen molar-refractivity contribution in [1.82, 2.24) is 15.5 Å². The molecule has 0 bridgehead atoms. The van der Waals surface area contributed by atoms with Crippen molar-refractivity contribution < 1.29 is 13.9 Å². The van der Waals surface area contributed by atoms with Crippen LogP contribution < -0.4 is 15.4 Å². The SMILES string of the molecule is CC/C=C(/NC(=O)C1=C(C)NCCC1)N1CCC(CC)(c2c(F)ccc(OC)c2CC)CC1. The Morgan fingerprint density at radius 2 is 2.00 bits per heavy atom. The van der Waals surface area contributed by atoms with Crippen molar-refractivity contribution in [2.24, 2.45) is 0 Å².